The Kier molecular flexibility index (Phi) is 5.17. The average Bonchev–Trinajstić information content (AvgIpc) is 3.26. The van der Waals surface area contributed by atoms with E-state index in [1.54, 1.807) is 6.20 Å². The highest BCUT2D eigenvalue weighted by Crippen LogP contribution is 2.24. The lowest BCUT2D eigenvalue weighted by Gasteiger charge is -2.26. The molecule has 0 radical (unpaired) electrons. The highest BCUT2D eigenvalue weighted by molar-refractivity contribution is 7.99. The second-order valence-electron chi connectivity index (χ2n) is 5.32. The number of aromatic nitrogens is 3. The summed E-state index contributed by atoms with van der Waals surface area (Å²) in [4.78, 5) is 17.3. The van der Waals surface area contributed by atoms with E-state index in [0.717, 1.165) is 30.7 Å². The lowest BCUT2D eigenvalue weighted by molar-refractivity contribution is -0.126. The molecule has 2 aromatic rings. The second kappa shape index (κ2) is 7.50. The highest BCUT2D eigenvalue weighted by atomic mass is 32.2. The van der Waals surface area contributed by atoms with Crippen LogP contribution in [0.2, 0.25) is 0 Å². The smallest absolute Gasteiger partial charge is 0.277 e. The predicted molar refractivity (Wildman–Crippen MR) is 88.7 cm³/mol. The van der Waals surface area contributed by atoms with Gasteiger partial charge in [-0.25, -0.2) is 0 Å². The number of allylic oxidation sites excluding steroid dienone is 2. The second-order valence-corrected chi connectivity index (χ2v) is 6.25. The van der Waals surface area contributed by atoms with Crippen LogP contribution in [0.4, 0.5) is 0 Å². The summed E-state index contributed by atoms with van der Waals surface area (Å²) in [5, 5.41) is 8.38. The van der Waals surface area contributed by atoms with Gasteiger partial charge < -0.3 is 14.3 Å². The molecule has 3 rings (SSSR count). The minimum atomic E-state index is 0.0882. The number of nitrogens with one attached hydrogen (secondary N) is 1. The zero-order chi connectivity index (χ0) is 16.1. The Morgan fingerprint density at radius 3 is 3.04 bits per heavy atom. The predicted octanol–water partition coefficient (Wildman–Crippen LogP) is 3.46. The van der Waals surface area contributed by atoms with Crippen molar-refractivity contribution in [3.63, 3.8) is 0 Å². The number of amides is 1. The fourth-order valence-electron chi connectivity index (χ4n) is 2.65. The van der Waals surface area contributed by atoms with Crippen molar-refractivity contribution in [2.75, 3.05) is 12.3 Å². The van der Waals surface area contributed by atoms with Gasteiger partial charge in [0.15, 0.2) is 0 Å². The number of rotatable bonds is 6. The van der Waals surface area contributed by atoms with Crippen LogP contribution in [0, 0.1) is 0 Å². The fraction of sp³-hybridized carbons (Fsp3) is 0.438. The first kappa shape index (κ1) is 15.9. The number of thioether (sulfide) groups is 1. The van der Waals surface area contributed by atoms with Crippen molar-refractivity contribution < 1.29 is 9.21 Å². The Bertz CT molecular complexity index is 678. The van der Waals surface area contributed by atoms with Gasteiger partial charge in [0, 0.05) is 18.4 Å². The quantitative estimate of drug-likeness (QED) is 0.820. The van der Waals surface area contributed by atoms with Gasteiger partial charge in [-0.3, -0.25) is 4.79 Å². The Balaban J connectivity index is 1.59. The zero-order valence-corrected chi connectivity index (χ0v) is 13.9. The summed E-state index contributed by atoms with van der Waals surface area (Å²) < 4.78 is 5.56. The molecule has 7 heteroatoms. The van der Waals surface area contributed by atoms with Gasteiger partial charge in [-0.2, -0.15) is 0 Å². The fourth-order valence-corrected chi connectivity index (χ4v) is 3.29. The van der Waals surface area contributed by atoms with Crippen LogP contribution in [0.5, 0.6) is 0 Å². The van der Waals surface area contributed by atoms with Gasteiger partial charge in [-0.05, 0) is 44.7 Å². The topological polar surface area (TPSA) is 75.0 Å². The number of carbonyl (C=O) groups excluding carboxylic acids is 1. The number of carbonyl (C=O) groups is 1. The maximum absolute atomic E-state index is 12.5. The first-order valence-electron chi connectivity index (χ1n) is 7.87. The van der Waals surface area contributed by atoms with Gasteiger partial charge >= 0.3 is 0 Å². The molecule has 1 aliphatic rings. The summed E-state index contributed by atoms with van der Waals surface area (Å²) in [6, 6.07) is 3.73. The Labute approximate surface area is 139 Å². The average molecular weight is 332 g/mol. The standard InChI is InChI=1S/C16H20N4O2S/c1-2-20(12-7-4-3-5-8-12)14(21)11-23-16-19-18-15(22-16)13-9-6-10-17-13/h6-7,9-10,17H,2-5,8,11H2,1H3. The third-order valence-corrected chi connectivity index (χ3v) is 4.59. The normalized spacial score (nSPS) is 14.6. The third kappa shape index (κ3) is 3.85. The number of H-pyrrole nitrogens is 1. The first-order valence-corrected chi connectivity index (χ1v) is 8.86. The van der Waals surface area contributed by atoms with Crippen LogP contribution in [0.1, 0.15) is 32.6 Å². The molecule has 0 bridgehead atoms. The number of hydrogen-bond acceptors (Lipinski definition) is 5. The van der Waals surface area contributed by atoms with Crippen molar-refractivity contribution in [1.29, 1.82) is 0 Å². The van der Waals surface area contributed by atoms with E-state index in [1.165, 1.54) is 18.2 Å². The molecule has 0 aliphatic heterocycles. The summed E-state index contributed by atoms with van der Waals surface area (Å²) in [6.07, 6.45) is 8.41. The van der Waals surface area contributed by atoms with E-state index < -0.39 is 0 Å². The van der Waals surface area contributed by atoms with Gasteiger partial charge in [0.1, 0.15) is 5.69 Å². The molecule has 0 fully saturated rings. The minimum absolute atomic E-state index is 0.0882. The Morgan fingerprint density at radius 2 is 2.35 bits per heavy atom. The summed E-state index contributed by atoms with van der Waals surface area (Å²) >= 11 is 1.28. The molecule has 1 aliphatic carbocycles. The number of aromatic amines is 1. The first-order chi connectivity index (χ1) is 11.3. The molecule has 0 aromatic carbocycles. The van der Waals surface area contributed by atoms with Crippen LogP contribution >= 0.6 is 11.8 Å². The van der Waals surface area contributed by atoms with Crippen molar-refractivity contribution in [3.05, 3.63) is 30.1 Å². The minimum Gasteiger partial charge on any atom is -0.410 e. The SMILES string of the molecule is CCN(C(=O)CSc1nnc(-c2ccc[nH]2)o1)C1=CCCCC1. The molecule has 122 valence electrons. The van der Waals surface area contributed by atoms with Crippen LogP contribution in [0.15, 0.2) is 39.7 Å². The Morgan fingerprint density at radius 1 is 1.43 bits per heavy atom. The van der Waals surface area contributed by atoms with Crippen LogP contribution in [-0.2, 0) is 4.79 Å². The van der Waals surface area contributed by atoms with Gasteiger partial charge in [0.25, 0.3) is 11.1 Å². The molecule has 6 nitrogen and oxygen atoms in total. The molecule has 0 atom stereocenters. The van der Waals surface area contributed by atoms with E-state index in [0.29, 0.717) is 23.4 Å². The molecule has 0 saturated heterocycles. The Hall–Kier alpha value is -2.02. The number of hydrogen-bond donors (Lipinski definition) is 1. The molecule has 0 saturated carbocycles. The van der Waals surface area contributed by atoms with Crippen molar-refractivity contribution in [3.8, 4) is 11.6 Å². The van der Waals surface area contributed by atoms with E-state index in [2.05, 4.69) is 21.3 Å². The molecule has 2 aromatic heterocycles. The number of nitrogens with zero attached hydrogens (tertiary/aromatic N) is 3. The van der Waals surface area contributed by atoms with E-state index in [1.807, 2.05) is 24.0 Å². The molecule has 2 heterocycles. The van der Waals surface area contributed by atoms with E-state index in [-0.39, 0.29) is 5.91 Å². The largest absolute Gasteiger partial charge is 0.410 e. The summed E-state index contributed by atoms with van der Waals surface area (Å²) in [7, 11) is 0. The maximum Gasteiger partial charge on any atom is 0.277 e. The summed E-state index contributed by atoms with van der Waals surface area (Å²) in [5.41, 5.74) is 1.93. The molecular formula is C16H20N4O2S. The maximum atomic E-state index is 12.5. The molecule has 0 unspecified atom stereocenters. The van der Waals surface area contributed by atoms with E-state index in [9.17, 15) is 4.79 Å². The van der Waals surface area contributed by atoms with Gasteiger partial charge in [0.2, 0.25) is 5.91 Å². The third-order valence-electron chi connectivity index (χ3n) is 3.78. The van der Waals surface area contributed by atoms with E-state index >= 15 is 0 Å². The van der Waals surface area contributed by atoms with Crippen molar-refractivity contribution in [2.24, 2.45) is 0 Å². The summed E-state index contributed by atoms with van der Waals surface area (Å²) in [5.74, 6) is 0.829. The van der Waals surface area contributed by atoms with Gasteiger partial charge in [0.05, 0.1) is 5.75 Å². The van der Waals surface area contributed by atoms with Gasteiger partial charge in [-0.1, -0.05) is 17.8 Å². The van der Waals surface area contributed by atoms with Crippen molar-refractivity contribution in [1.82, 2.24) is 20.1 Å². The monoisotopic (exact) mass is 332 g/mol. The molecule has 23 heavy (non-hydrogen) atoms. The molecule has 0 spiro atoms. The van der Waals surface area contributed by atoms with E-state index in [4.69, 9.17) is 4.42 Å². The molecule has 1 N–H and O–H groups in total. The van der Waals surface area contributed by atoms with Crippen LogP contribution < -0.4 is 0 Å². The van der Waals surface area contributed by atoms with Crippen LogP contribution in [-0.4, -0.2) is 38.3 Å². The molecule has 1 amide bonds. The summed E-state index contributed by atoms with van der Waals surface area (Å²) in [6.45, 7) is 2.71. The van der Waals surface area contributed by atoms with Crippen molar-refractivity contribution in [2.45, 2.75) is 37.8 Å². The lowest BCUT2D eigenvalue weighted by atomic mass is 10.0. The molecular weight excluding hydrogens is 312 g/mol. The van der Waals surface area contributed by atoms with Crippen LogP contribution in [0.25, 0.3) is 11.6 Å². The highest BCUT2D eigenvalue weighted by Gasteiger charge is 2.19. The van der Waals surface area contributed by atoms with Crippen LogP contribution in [0.3, 0.4) is 0 Å². The van der Waals surface area contributed by atoms with Crippen molar-refractivity contribution >= 4 is 17.7 Å². The zero-order valence-electron chi connectivity index (χ0n) is 13.1. The lowest BCUT2D eigenvalue weighted by Crippen LogP contribution is -2.32. The van der Waals surface area contributed by atoms with Gasteiger partial charge in [-0.15, -0.1) is 10.2 Å².